The molecule has 0 saturated heterocycles. The molecule has 1 aromatic heterocycles. The molecule has 0 aliphatic heterocycles. The average molecular weight is 270 g/mol. The van der Waals surface area contributed by atoms with Crippen LogP contribution in [0.2, 0.25) is 0 Å². The van der Waals surface area contributed by atoms with Crippen LogP contribution in [0, 0.1) is 0 Å². The van der Waals surface area contributed by atoms with Crippen LogP contribution < -0.4 is 10.6 Å². The molecule has 6 heteroatoms. The standard InChI is InChI=1S/C12H22N4OS/c1-4-6-13-11-14-7-5-10(16-11)15-8-12(2,17)9-18-3/h5,7,17H,4,6,8-9H2,1-3H3,(H2,13,14,15,16). The summed E-state index contributed by atoms with van der Waals surface area (Å²) < 4.78 is 0. The van der Waals surface area contributed by atoms with Crippen molar-refractivity contribution in [3.63, 3.8) is 0 Å². The van der Waals surface area contributed by atoms with E-state index in [1.807, 2.05) is 13.2 Å². The number of nitrogens with zero attached hydrogens (tertiary/aromatic N) is 2. The Labute approximate surface area is 113 Å². The zero-order valence-corrected chi connectivity index (χ0v) is 12.0. The first-order valence-electron chi connectivity index (χ1n) is 6.09. The Morgan fingerprint density at radius 1 is 1.44 bits per heavy atom. The first-order chi connectivity index (χ1) is 8.57. The first kappa shape index (κ1) is 15.0. The van der Waals surface area contributed by atoms with Gasteiger partial charge in [0, 0.05) is 25.0 Å². The lowest BCUT2D eigenvalue weighted by Gasteiger charge is -2.22. The van der Waals surface area contributed by atoms with Gasteiger partial charge in [0.1, 0.15) is 5.82 Å². The van der Waals surface area contributed by atoms with Crippen LogP contribution in [0.25, 0.3) is 0 Å². The van der Waals surface area contributed by atoms with Gasteiger partial charge < -0.3 is 15.7 Å². The van der Waals surface area contributed by atoms with Crippen molar-refractivity contribution >= 4 is 23.5 Å². The van der Waals surface area contributed by atoms with E-state index in [2.05, 4.69) is 27.5 Å². The molecule has 0 radical (unpaired) electrons. The van der Waals surface area contributed by atoms with Crippen molar-refractivity contribution in [1.29, 1.82) is 0 Å². The highest BCUT2D eigenvalue weighted by Gasteiger charge is 2.19. The minimum absolute atomic E-state index is 0.470. The molecule has 0 aromatic carbocycles. The normalized spacial score (nSPS) is 14.0. The van der Waals surface area contributed by atoms with Crippen molar-refractivity contribution in [1.82, 2.24) is 9.97 Å². The van der Waals surface area contributed by atoms with Crippen molar-refractivity contribution in [2.24, 2.45) is 0 Å². The molecule has 0 spiro atoms. The zero-order chi connectivity index (χ0) is 13.4. The number of hydrogen-bond acceptors (Lipinski definition) is 6. The lowest BCUT2D eigenvalue weighted by atomic mass is 10.1. The third kappa shape index (κ3) is 5.55. The molecule has 0 aliphatic carbocycles. The molecule has 102 valence electrons. The number of nitrogens with one attached hydrogen (secondary N) is 2. The number of thioether (sulfide) groups is 1. The van der Waals surface area contributed by atoms with E-state index in [0.29, 0.717) is 18.2 Å². The summed E-state index contributed by atoms with van der Waals surface area (Å²) in [5, 5.41) is 16.3. The fraction of sp³-hybridized carbons (Fsp3) is 0.667. The van der Waals surface area contributed by atoms with Crippen LogP contribution in [0.3, 0.4) is 0 Å². The molecule has 0 saturated carbocycles. The second kappa shape index (κ2) is 7.43. The summed E-state index contributed by atoms with van der Waals surface area (Å²) in [6.07, 6.45) is 4.71. The van der Waals surface area contributed by atoms with E-state index >= 15 is 0 Å². The van der Waals surface area contributed by atoms with Gasteiger partial charge >= 0.3 is 0 Å². The molecular weight excluding hydrogens is 248 g/mol. The number of aliphatic hydroxyl groups is 1. The minimum Gasteiger partial charge on any atom is -0.387 e. The van der Waals surface area contributed by atoms with Gasteiger partial charge in [0.2, 0.25) is 5.95 Å². The van der Waals surface area contributed by atoms with E-state index in [4.69, 9.17) is 0 Å². The van der Waals surface area contributed by atoms with Crippen LogP contribution in [0.15, 0.2) is 12.3 Å². The molecule has 1 heterocycles. The Kier molecular flexibility index (Phi) is 6.21. The Balaban J connectivity index is 2.51. The molecule has 0 fully saturated rings. The minimum atomic E-state index is -0.735. The van der Waals surface area contributed by atoms with Gasteiger partial charge in [-0.15, -0.1) is 0 Å². The lowest BCUT2D eigenvalue weighted by molar-refractivity contribution is 0.0996. The third-order valence-electron chi connectivity index (χ3n) is 2.29. The predicted octanol–water partition coefficient (Wildman–Crippen LogP) is 1.82. The quantitative estimate of drug-likeness (QED) is 0.669. The van der Waals surface area contributed by atoms with Crippen molar-refractivity contribution < 1.29 is 5.11 Å². The van der Waals surface area contributed by atoms with E-state index in [9.17, 15) is 5.11 Å². The van der Waals surface area contributed by atoms with E-state index < -0.39 is 5.60 Å². The molecule has 1 unspecified atom stereocenters. The monoisotopic (exact) mass is 270 g/mol. The molecular formula is C12H22N4OS. The van der Waals surface area contributed by atoms with Crippen molar-refractivity contribution in [3.8, 4) is 0 Å². The van der Waals surface area contributed by atoms with Crippen LogP contribution in [0.5, 0.6) is 0 Å². The summed E-state index contributed by atoms with van der Waals surface area (Å²) in [7, 11) is 0. The number of hydrogen-bond donors (Lipinski definition) is 3. The van der Waals surface area contributed by atoms with Crippen LogP contribution in [-0.4, -0.2) is 45.8 Å². The molecule has 3 N–H and O–H groups in total. The van der Waals surface area contributed by atoms with Crippen LogP contribution in [0.1, 0.15) is 20.3 Å². The van der Waals surface area contributed by atoms with Gasteiger partial charge in [0.15, 0.2) is 0 Å². The fourth-order valence-corrected chi connectivity index (χ4v) is 2.15. The highest BCUT2D eigenvalue weighted by atomic mass is 32.2. The second-order valence-corrected chi connectivity index (χ2v) is 5.34. The summed E-state index contributed by atoms with van der Waals surface area (Å²) in [6.45, 7) is 5.23. The summed E-state index contributed by atoms with van der Waals surface area (Å²) in [6, 6.07) is 1.80. The molecule has 1 atom stereocenters. The second-order valence-electron chi connectivity index (χ2n) is 4.48. The van der Waals surface area contributed by atoms with E-state index in [1.54, 1.807) is 24.0 Å². The molecule has 0 bridgehead atoms. The Hall–Kier alpha value is -1.01. The molecule has 1 rings (SSSR count). The fourth-order valence-electron chi connectivity index (χ4n) is 1.42. The molecule has 18 heavy (non-hydrogen) atoms. The molecule has 0 aliphatic rings. The Morgan fingerprint density at radius 2 is 2.22 bits per heavy atom. The SMILES string of the molecule is CCCNc1nccc(NCC(C)(O)CSC)n1. The average Bonchev–Trinajstić information content (AvgIpc) is 2.35. The maximum absolute atomic E-state index is 10.0. The van der Waals surface area contributed by atoms with Crippen LogP contribution >= 0.6 is 11.8 Å². The van der Waals surface area contributed by atoms with E-state index in [-0.39, 0.29) is 0 Å². The largest absolute Gasteiger partial charge is 0.387 e. The summed E-state index contributed by atoms with van der Waals surface area (Å²) in [5.41, 5.74) is -0.735. The smallest absolute Gasteiger partial charge is 0.224 e. The van der Waals surface area contributed by atoms with Crippen LogP contribution in [0.4, 0.5) is 11.8 Å². The van der Waals surface area contributed by atoms with Crippen molar-refractivity contribution in [2.45, 2.75) is 25.9 Å². The first-order valence-corrected chi connectivity index (χ1v) is 7.49. The molecule has 1 aromatic rings. The number of anilines is 2. The highest BCUT2D eigenvalue weighted by molar-refractivity contribution is 7.98. The summed E-state index contributed by atoms with van der Waals surface area (Å²) in [5.74, 6) is 2.03. The van der Waals surface area contributed by atoms with E-state index in [0.717, 1.165) is 18.8 Å². The lowest BCUT2D eigenvalue weighted by Crippen LogP contribution is -2.36. The predicted molar refractivity (Wildman–Crippen MR) is 78.3 cm³/mol. The van der Waals surface area contributed by atoms with Crippen molar-refractivity contribution in [2.75, 3.05) is 35.7 Å². The van der Waals surface area contributed by atoms with Gasteiger partial charge in [-0.1, -0.05) is 6.92 Å². The number of rotatable bonds is 8. The Bertz CT molecular complexity index is 360. The third-order valence-corrected chi connectivity index (χ3v) is 3.20. The van der Waals surface area contributed by atoms with Crippen molar-refractivity contribution in [3.05, 3.63) is 12.3 Å². The maximum Gasteiger partial charge on any atom is 0.224 e. The van der Waals surface area contributed by atoms with Crippen LogP contribution in [-0.2, 0) is 0 Å². The van der Waals surface area contributed by atoms with Gasteiger partial charge in [-0.05, 0) is 25.7 Å². The zero-order valence-electron chi connectivity index (χ0n) is 11.2. The van der Waals surface area contributed by atoms with Gasteiger partial charge in [-0.3, -0.25) is 0 Å². The Morgan fingerprint density at radius 3 is 2.89 bits per heavy atom. The van der Waals surface area contributed by atoms with Gasteiger partial charge in [-0.25, -0.2) is 4.98 Å². The van der Waals surface area contributed by atoms with Gasteiger partial charge in [-0.2, -0.15) is 16.7 Å². The summed E-state index contributed by atoms with van der Waals surface area (Å²) in [4.78, 5) is 8.45. The highest BCUT2D eigenvalue weighted by Crippen LogP contribution is 2.12. The van der Waals surface area contributed by atoms with E-state index in [1.165, 1.54) is 0 Å². The van der Waals surface area contributed by atoms with Gasteiger partial charge in [0.25, 0.3) is 0 Å². The maximum atomic E-state index is 10.0. The molecule has 0 amide bonds. The topological polar surface area (TPSA) is 70.1 Å². The van der Waals surface area contributed by atoms with Gasteiger partial charge in [0.05, 0.1) is 5.60 Å². The summed E-state index contributed by atoms with van der Waals surface area (Å²) >= 11 is 1.62. The molecule has 5 nitrogen and oxygen atoms in total. The number of aromatic nitrogens is 2.